The molecular weight excluding hydrogens is 430 g/mol. The third-order valence-corrected chi connectivity index (χ3v) is 4.97. The summed E-state index contributed by atoms with van der Waals surface area (Å²) in [6.07, 6.45) is 4.96. The molecule has 0 bridgehead atoms. The number of hydrogen-bond acceptors (Lipinski definition) is 5. The number of rotatable bonds is 5. The fourth-order valence-corrected chi connectivity index (χ4v) is 3.40. The van der Waals surface area contributed by atoms with Gasteiger partial charge in [-0.25, -0.2) is 13.5 Å². The van der Waals surface area contributed by atoms with Crippen LogP contribution in [0, 0.1) is 18.6 Å². The minimum absolute atomic E-state index is 0.0999. The summed E-state index contributed by atoms with van der Waals surface area (Å²) in [6, 6.07) is 13.5. The fourth-order valence-electron chi connectivity index (χ4n) is 3.40. The van der Waals surface area contributed by atoms with Crippen LogP contribution in [0.25, 0.3) is 17.2 Å². The van der Waals surface area contributed by atoms with Crippen LogP contribution in [0.4, 0.5) is 14.5 Å². The maximum atomic E-state index is 14.4. The first-order valence-corrected chi connectivity index (χ1v) is 9.85. The Bertz CT molecular complexity index is 1440. The molecule has 0 radical (unpaired) electrons. The Kier molecular flexibility index (Phi) is 4.98. The van der Waals surface area contributed by atoms with Crippen LogP contribution < -0.4 is 5.32 Å². The van der Waals surface area contributed by atoms with Crippen molar-refractivity contribution in [2.24, 2.45) is 0 Å². The second kappa shape index (κ2) is 8.11. The number of aromatic nitrogens is 7. The smallest absolute Gasteiger partial charge is 0.261 e. The highest BCUT2D eigenvalue weighted by Gasteiger charge is 2.21. The van der Waals surface area contributed by atoms with Crippen molar-refractivity contribution in [3.8, 4) is 17.2 Å². The van der Waals surface area contributed by atoms with Crippen molar-refractivity contribution in [1.82, 2.24) is 34.6 Å². The SMILES string of the molecule is Cc1nnnn1-c1cc(NC(=O)c2cnn(-c3ccc(F)cc3)c2-n2cccc2)ccc1F. The minimum Gasteiger partial charge on any atom is -0.322 e. The summed E-state index contributed by atoms with van der Waals surface area (Å²) in [7, 11) is 0. The second-order valence-electron chi connectivity index (χ2n) is 7.12. The highest BCUT2D eigenvalue weighted by atomic mass is 19.1. The lowest BCUT2D eigenvalue weighted by Gasteiger charge is -2.12. The number of halogens is 2. The lowest BCUT2D eigenvalue weighted by atomic mass is 10.2. The minimum atomic E-state index is -0.541. The van der Waals surface area contributed by atoms with Crippen LogP contribution in [0.2, 0.25) is 0 Å². The van der Waals surface area contributed by atoms with Gasteiger partial charge in [0.05, 0.1) is 11.9 Å². The van der Waals surface area contributed by atoms with Crippen molar-refractivity contribution in [2.45, 2.75) is 6.92 Å². The number of aryl methyl sites for hydroxylation is 1. The Balaban J connectivity index is 1.52. The molecule has 33 heavy (non-hydrogen) atoms. The molecule has 5 rings (SSSR count). The molecule has 1 N–H and O–H groups in total. The molecule has 0 saturated heterocycles. The van der Waals surface area contributed by atoms with Crippen LogP contribution in [0.1, 0.15) is 16.2 Å². The highest BCUT2D eigenvalue weighted by molar-refractivity contribution is 6.06. The maximum Gasteiger partial charge on any atom is 0.261 e. The van der Waals surface area contributed by atoms with E-state index in [1.54, 1.807) is 36.0 Å². The molecule has 164 valence electrons. The van der Waals surface area contributed by atoms with Crippen molar-refractivity contribution in [3.05, 3.63) is 96.2 Å². The predicted molar refractivity (Wildman–Crippen MR) is 115 cm³/mol. The summed E-state index contributed by atoms with van der Waals surface area (Å²) in [5, 5.41) is 18.2. The first-order valence-electron chi connectivity index (χ1n) is 9.85. The molecule has 0 atom stereocenters. The molecule has 11 heteroatoms. The predicted octanol–water partition coefficient (Wildman–Crippen LogP) is 3.48. The van der Waals surface area contributed by atoms with E-state index < -0.39 is 11.7 Å². The monoisotopic (exact) mass is 446 g/mol. The van der Waals surface area contributed by atoms with E-state index in [2.05, 4.69) is 25.9 Å². The molecule has 9 nitrogen and oxygen atoms in total. The van der Waals surface area contributed by atoms with Gasteiger partial charge >= 0.3 is 0 Å². The third kappa shape index (κ3) is 3.76. The van der Waals surface area contributed by atoms with E-state index in [-0.39, 0.29) is 17.1 Å². The van der Waals surface area contributed by atoms with Gasteiger partial charge in [-0.05, 0) is 71.9 Å². The van der Waals surface area contributed by atoms with Crippen LogP contribution >= 0.6 is 0 Å². The molecule has 2 aromatic carbocycles. The van der Waals surface area contributed by atoms with Crippen molar-refractivity contribution >= 4 is 11.6 Å². The van der Waals surface area contributed by atoms with Crippen LogP contribution in [-0.4, -0.2) is 40.5 Å². The average molecular weight is 446 g/mol. The number of carbonyl (C=O) groups is 1. The van der Waals surface area contributed by atoms with E-state index in [1.165, 1.54) is 45.9 Å². The molecule has 0 aliphatic carbocycles. The first-order chi connectivity index (χ1) is 16.0. The van der Waals surface area contributed by atoms with E-state index in [0.717, 1.165) is 0 Å². The van der Waals surface area contributed by atoms with Gasteiger partial charge in [0, 0.05) is 18.1 Å². The third-order valence-electron chi connectivity index (χ3n) is 4.97. The second-order valence-corrected chi connectivity index (χ2v) is 7.12. The lowest BCUT2D eigenvalue weighted by molar-refractivity contribution is 0.102. The number of tetrazole rings is 1. The van der Waals surface area contributed by atoms with Crippen LogP contribution in [0.3, 0.4) is 0 Å². The maximum absolute atomic E-state index is 14.4. The van der Waals surface area contributed by atoms with E-state index in [1.807, 2.05) is 12.1 Å². The Labute approximate surface area is 185 Å². The molecule has 0 aliphatic rings. The number of carbonyl (C=O) groups excluding carboxylic acids is 1. The summed E-state index contributed by atoms with van der Waals surface area (Å²) in [4.78, 5) is 13.2. The molecule has 5 aromatic rings. The van der Waals surface area contributed by atoms with Gasteiger partial charge < -0.3 is 9.88 Å². The Morgan fingerprint density at radius 2 is 1.76 bits per heavy atom. The largest absolute Gasteiger partial charge is 0.322 e. The van der Waals surface area contributed by atoms with Crippen molar-refractivity contribution < 1.29 is 13.6 Å². The van der Waals surface area contributed by atoms with Crippen molar-refractivity contribution in [3.63, 3.8) is 0 Å². The zero-order valence-corrected chi connectivity index (χ0v) is 17.2. The van der Waals surface area contributed by atoms with Gasteiger partial charge in [-0.1, -0.05) is 0 Å². The standard InChI is InChI=1S/C22H16F2N8O/c1-14-27-28-29-31(14)20-12-16(6-9-19(20)24)26-21(33)18-13-25-32(17-7-4-15(23)5-8-17)22(18)30-10-2-3-11-30/h2-13H,1H3,(H,26,33). The number of anilines is 1. The Morgan fingerprint density at radius 1 is 1.00 bits per heavy atom. The molecule has 3 aromatic heterocycles. The number of amides is 1. The Morgan fingerprint density at radius 3 is 2.45 bits per heavy atom. The summed E-state index contributed by atoms with van der Waals surface area (Å²) in [5.74, 6) is -0.523. The molecular formula is C22H16F2N8O. The van der Waals surface area contributed by atoms with E-state index in [0.29, 0.717) is 23.0 Å². The van der Waals surface area contributed by atoms with Crippen LogP contribution in [-0.2, 0) is 0 Å². The molecule has 0 unspecified atom stereocenters. The summed E-state index contributed by atoms with van der Waals surface area (Å²) in [6.45, 7) is 1.64. The number of benzene rings is 2. The molecule has 3 heterocycles. The number of nitrogens with zero attached hydrogens (tertiary/aromatic N) is 7. The molecule has 0 saturated carbocycles. The van der Waals surface area contributed by atoms with Gasteiger partial charge in [-0.3, -0.25) is 4.79 Å². The van der Waals surface area contributed by atoms with Gasteiger partial charge in [-0.15, -0.1) is 5.10 Å². The quantitative estimate of drug-likeness (QED) is 0.446. The van der Waals surface area contributed by atoms with E-state index in [4.69, 9.17) is 0 Å². The molecule has 0 aliphatic heterocycles. The zero-order chi connectivity index (χ0) is 22.9. The van der Waals surface area contributed by atoms with Gasteiger partial charge in [0.1, 0.15) is 22.9 Å². The van der Waals surface area contributed by atoms with E-state index in [9.17, 15) is 13.6 Å². The van der Waals surface area contributed by atoms with Gasteiger partial charge in [0.25, 0.3) is 5.91 Å². The molecule has 0 spiro atoms. The number of hydrogen-bond donors (Lipinski definition) is 1. The summed E-state index contributed by atoms with van der Waals surface area (Å²) >= 11 is 0. The Hall–Kier alpha value is -4.67. The summed E-state index contributed by atoms with van der Waals surface area (Å²) in [5.41, 5.74) is 1.29. The average Bonchev–Trinajstić information content (AvgIpc) is 3.56. The first kappa shape index (κ1) is 20.2. The van der Waals surface area contributed by atoms with Crippen LogP contribution in [0.5, 0.6) is 0 Å². The topological polar surface area (TPSA) is 95.5 Å². The summed E-state index contributed by atoms with van der Waals surface area (Å²) < 4.78 is 32.3. The molecule has 0 fully saturated rings. The van der Waals surface area contributed by atoms with Crippen molar-refractivity contribution in [2.75, 3.05) is 5.32 Å². The highest BCUT2D eigenvalue weighted by Crippen LogP contribution is 2.23. The van der Waals surface area contributed by atoms with E-state index >= 15 is 0 Å². The zero-order valence-electron chi connectivity index (χ0n) is 17.2. The fraction of sp³-hybridized carbons (Fsp3) is 0.0455. The lowest BCUT2D eigenvalue weighted by Crippen LogP contribution is -2.16. The number of nitrogens with one attached hydrogen (secondary N) is 1. The van der Waals surface area contributed by atoms with Crippen LogP contribution in [0.15, 0.2) is 73.2 Å². The van der Waals surface area contributed by atoms with Gasteiger partial charge in [0.15, 0.2) is 11.6 Å². The molecule has 1 amide bonds. The van der Waals surface area contributed by atoms with Gasteiger partial charge in [0.2, 0.25) is 0 Å². The van der Waals surface area contributed by atoms with Gasteiger partial charge in [-0.2, -0.15) is 9.78 Å². The van der Waals surface area contributed by atoms with Crippen molar-refractivity contribution in [1.29, 1.82) is 0 Å². The normalized spacial score (nSPS) is 11.0.